The van der Waals surface area contributed by atoms with Crippen LogP contribution in [0, 0.1) is 20.8 Å². The predicted octanol–water partition coefficient (Wildman–Crippen LogP) is 1.72. The Balaban J connectivity index is 1.73. The molecule has 5 heteroatoms. The van der Waals surface area contributed by atoms with E-state index in [1.807, 2.05) is 4.90 Å². The summed E-state index contributed by atoms with van der Waals surface area (Å²) in [6, 6.07) is 4.71. The van der Waals surface area contributed by atoms with Crippen molar-refractivity contribution in [3.05, 3.63) is 28.8 Å². The van der Waals surface area contributed by atoms with Gasteiger partial charge in [-0.1, -0.05) is 17.7 Å². The first-order chi connectivity index (χ1) is 11.9. The largest absolute Gasteiger partial charge is 0.395 e. The van der Waals surface area contributed by atoms with Crippen LogP contribution in [-0.2, 0) is 4.79 Å². The van der Waals surface area contributed by atoms with E-state index in [9.17, 15) is 9.90 Å². The molecule has 0 unspecified atom stereocenters. The molecule has 0 radical (unpaired) electrons. The molecule has 1 amide bonds. The van der Waals surface area contributed by atoms with Crippen molar-refractivity contribution in [1.82, 2.24) is 9.80 Å². The number of aliphatic hydroxyl groups is 1. The van der Waals surface area contributed by atoms with Crippen molar-refractivity contribution in [3.8, 4) is 0 Å². The molecule has 2 atom stereocenters. The monoisotopic (exact) mass is 345 g/mol. The molecule has 1 aromatic carbocycles. The van der Waals surface area contributed by atoms with Gasteiger partial charge in [-0.15, -0.1) is 0 Å². The van der Waals surface area contributed by atoms with Gasteiger partial charge in [-0.25, -0.2) is 0 Å². The fraction of sp³-hybridized carbons (Fsp3) is 0.650. The van der Waals surface area contributed by atoms with Crippen molar-refractivity contribution in [2.75, 3.05) is 44.2 Å². The normalized spacial score (nSPS) is 25.8. The van der Waals surface area contributed by atoms with Gasteiger partial charge >= 0.3 is 0 Å². The smallest absolute Gasteiger partial charge is 0.244 e. The van der Waals surface area contributed by atoms with Crippen LogP contribution >= 0.6 is 0 Å². The van der Waals surface area contributed by atoms with Crippen LogP contribution in [0.15, 0.2) is 12.1 Å². The van der Waals surface area contributed by atoms with E-state index >= 15 is 0 Å². The highest BCUT2D eigenvalue weighted by Gasteiger charge is 2.39. The minimum Gasteiger partial charge on any atom is -0.395 e. The van der Waals surface area contributed by atoms with Gasteiger partial charge < -0.3 is 10.0 Å². The van der Waals surface area contributed by atoms with Gasteiger partial charge in [0.1, 0.15) is 0 Å². The quantitative estimate of drug-likeness (QED) is 0.903. The van der Waals surface area contributed by atoms with E-state index < -0.39 is 0 Å². The van der Waals surface area contributed by atoms with Crippen LogP contribution in [-0.4, -0.2) is 72.2 Å². The summed E-state index contributed by atoms with van der Waals surface area (Å²) in [4.78, 5) is 19.8. The molecule has 2 heterocycles. The first kappa shape index (κ1) is 18.4. The van der Waals surface area contributed by atoms with Crippen LogP contribution in [0.5, 0.6) is 0 Å². The molecule has 2 aliphatic heterocycles. The molecule has 138 valence electrons. The maximum atomic E-state index is 13.1. The number of carbonyl (C=O) groups excluding carboxylic acids is 1. The number of nitrogens with zero attached hydrogens (tertiary/aromatic N) is 3. The molecule has 25 heavy (non-hydrogen) atoms. The van der Waals surface area contributed by atoms with Crippen molar-refractivity contribution < 1.29 is 9.90 Å². The first-order valence-corrected chi connectivity index (χ1v) is 9.40. The number of anilines is 1. The Labute approximate surface area is 151 Å². The fourth-order valence-corrected chi connectivity index (χ4v) is 4.59. The summed E-state index contributed by atoms with van der Waals surface area (Å²) in [6.45, 7) is 13.0. The van der Waals surface area contributed by atoms with Gasteiger partial charge in [0.15, 0.2) is 0 Å². The molecular formula is C20H31N3O2. The Morgan fingerprint density at radius 3 is 2.40 bits per heavy atom. The second-order valence-corrected chi connectivity index (χ2v) is 7.65. The van der Waals surface area contributed by atoms with Crippen molar-refractivity contribution in [2.45, 2.75) is 46.2 Å². The van der Waals surface area contributed by atoms with Gasteiger partial charge in [0.25, 0.3) is 0 Å². The maximum Gasteiger partial charge on any atom is 0.244 e. The zero-order valence-electron chi connectivity index (χ0n) is 16.0. The molecule has 5 nitrogen and oxygen atoms in total. The van der Waals surface area contributed by atoms with Crippen molar-refractivity contribution in [3.63, 3.8) is 0 Å². The van der Waals surface area contributed by atoms with Gasteiger partial charge in [-0.05, 0) is 45.2 Å². The molecule has 2 fully saturated rings. The van der Waals surface area contributed by atoms with Gasteiger partial charge in [0.2, 0.25) is 5.91 Å². The number of hydrogen-bond donors (Lipinski definition) is 1. The molecule has 3 rings (SSSR count). The topological polar surface area (TPSA) is 47.0 Å². The summed E-state index contributed by atoms with van der Waals surface area (Å²) >= 11 is 0. The number of hydrogen-bond acceptors (Lipinski definition) is 4. The standard InChI is InChI=1S/C20H31N3O2/c1-14-11-15(2)19(16(3)12-14)23-6-5-18(20(23)25)22-8-7-21(9-10-24)17(4)13-22/h11-12,17-18,24H,5-10,13H2,1-4H3/t17-,18-/m0/s1. The summed E-state index contributed by atoms with van der Waals surface area (Å²) < 4.78 is 0. The Hall–Kier alpha value is -1.43. The molecule has 0 saturated carbocycles. The molecule has 1 N–H and O–H groups in total. The SMILES string of the molecule is Cc1cc(C)c(N2CC[C@H](N3CCN(CCO)[C@@H](C)C3)C2=O)c(C)c1. The predicted molar refractivity (Wildman–Crippen MR) is 101 cm³/mol. The molecular weight excluding hydrogens is 314 g/mol. The molecule has 0 bridgehead atoms. The number of aryl methyl sites for hydroxylation is 3. The van der Waals surface area contributed by atoms with E-state index in [-0.39, 0.29) is 18.6 Å². The van der Waals surface area contributed by atoms with Gasteiger partial charge in [-0.2, -0.15) is 0 Å². The minimum absolute atomic E-state index is 0.00108. The molecule has 0 aliphatic carbocycles. The van der Waals surface area contributed by atoms with E-state index in [0.717, 1.165) is 44.8 Å². The summed E-state index contributed by atoms with van der Waals surface area (Å²) in [7, 11) is 0. The van der Waals surface area contributed by atoms with Crippen molar-refractivity contribution in [1.29, 1.82) is 0 Å². The van der Waals surface area contributed by atoms with Crippen LogP contribution in [0.4, 0.5) is 5.69 Å². The second kappa shape index (κ2) is 7.44. The van der Waals surface area contributed by atoms with Crippen LogP contribution in [0.25, 0.3) is 0 Å². The average Bonchev–Trinajstić information content (AvgIpc) is 2.90. The van der Waals surface area contributed by atoms with Crippen molar-refractivity contribution >= 4 is 11.6 Å². The molecule has 0 spiro atoms. The van der Waals surface area contributed by atoms with Crippen molar-refractivity contribution in [2.24, 2.45) is 0 Å². The highest BCUT2D eigenvalue weighted by Crippen LogP contribution is 2.31. The number of carbonyl (C=O) groups is 1. The van der Waals surface area contributed by atoms with Crippen LogP contribution in [0.3, 0.4) is 0 Å². The lowest BCUT2D eigenvalue weighted by Crippen LogP contribution is -2.56. The average molecular weight is 345 g/mol. The first-order valence-electron chi connectivity index (χ1n) is 9.40. The molecule has 2 saturated heterocycles. The van der Waals surface area contributed by atoms with Gasteiger partial charge in [-0.3, -0.25) is 14.6 Å². The van der Waals surface area contributed by atoms with E-state index in [1.54, 1.807) is 0 Å². The highest BCUT2D eigenvalue weighted by molar-refractivity contribution is 6.00. The molecule has 2 aliphatic rings. The number of aliphatic hydroxyl groups excluding tert-OH is 1. The maximum absolute atomic E-state index is 13.1. The van der Waals surface area contributed by atoms with E-state index in [4.69, 9.17) is 0 Å². The number of β-amino-alcohol motifs (C(OH)–C–C–N with tert-alkyl or cyclic N) is 1. The summed E-state index contributed by atoms with van der Waals surface area (Å²) in [5, 5.41) is 9.17. The Kier molecular flexibility index (Phi) is 5.46. The zero-order valence-corrected chi connectivity index (χ0v) is 16.0. The van der Waals surface area contributed by atoms with Crippen LogP contribution < -0.4 is 4.90 Å². The summed E-state index contributed by atoms with van der Waals surface area (Å²) in [5.74, 6) is 0.248. The van der Waals surface area contributed by atoms with Crippen LogP contribution in [0.2, 0.25) is 0 Å². The Bertz CT molecular complexity index is 623. The third kappa shape index (κ3) is 3.59. The lowest BCUT2D eigenvalue weighted by Gasteiger charge is -2.41. The van der Waals surface area contributed by atoms with E-state index in [2.05, 4.69) is 49.6 Å². The number of amides is 1. The second-order valence-electron chi connectivity index (χ2n) is 7.65. The summed E-state index contributed by atoms with van der Waals surface area (Å²) in [5.41, 5.74) is 4.72. The highest BCUT2D eigenvalue weighted by atomic mass is 16.3. The fourth-order valence-electron chi connectivity index (χ4n) is 4.59. The zero-order chi connectivity index (χ0) is 18.1. The molecule has 0 aromatic heterocycles. The molecule has 1 aromatic rings. The Morgan fingerprint density at radius 2 is 1.80 bits per heavy atom. The third-order valence-electron chi connectivity index (χ3n) is 5.71. The summed E-state index contributed by atoms with van der Waals surface area (Å²) in [6.07, 6.45) is 0.901. The Morgan fingerprint density at radius 1 is 1.12 bits per heavy atom. The van der Waals surface area contributed by atoms with Gasteiger partial charge in [0, 0.05) is 44.5 Å². The van der Waals surface area contributed by atoms with E-state index in [1.165, 1.54) is 16.7 Å². The lowest BCUT2D eigenvalue weighted by molar-refractivity contribution is -0.122. The third-order valence-corrected chi connectivity index (χ3v) is 5.71. The number of benzene rings is 1. The number of rotatable bonds is 4. The minimum atomic E-state index is -0.00108. The number of piperazine rings is 1. The lowest BCUT2D eigenvalue weighted by atomic mass is 10.0. The van der Waals surface area contributed by atoms with Gasteiger partial charge in [0.05, 0.1) is 12.6 Å². The van der Waals surface area contributed by atoms with E-state index in [0.29, 0.717) is 6.04 Å². The van der Waals surface area contributed by atoms with Crippen LogP contribution in [0.1, 0.15) is 30.0 Å².